The van der Waals surface area contributed by atoms with Crippen LogP contribution in [0.25, 0.3) is 72.7 Å². The third-order valence-corrected chi connectivity index (χ3v) is 9.97. The summed E-state index contributed by atoms with van der Waals surface area (Å²) in [5, 5.41) is 11.7. The van der Waals surface area contributed by atoms with Gasteiger partial charge in [0.2, 0.25) is 0 Å². The van der Waals surface area contributed by atoms with Crippen molar-refractivity contribution in [2.75, 3.05) is 0 Å². The number of para-hydroxylation sites is 1. The number of aromatic hydroxyl groups is 1. The summed E-state index contributed by atoms with van der Waals surface area (Å²) in [6.45, 7) is 8.25. The lowest BCUT2D eigenvalue weighted by Crippen LogP contribution is -2.11. The van der Waals surface area contributed by atoms with E-state index in [2.05, 4.69) is 67.8 Å². The number of phenolic OH excluding ortho intramolecular Hbond substituents is 1. The topological polar surface area (TPSA) is 50.9 Å². The van der Waals surface area contributed by atoms with E-state index in [0.29, 0.717) is 11.4 Å². The summed E-state index contributed by atoms with van der Waals surface area (Å²) in [5.41, 5.74) is 13.5. The highest BCUT2D eigenvalue weighted by Gasteiger charge is 2.24. The molecule has 260 valence electrons. The molecule has 0 aliphatic carbocycles. The Labute approximate surface area is 316 Å². The lowest BCUT2D eigenvalue weighted by atomic mass is 9.83. The maximum atomic E-state index is 11.7. The number of aromatic nitrogens is 3. The molecule has 4 heteroatoms. The van der Waals surface area contributed by atoms with Crippen molar-refractivity contribution in [2.45, 2.75) is 46.9 Å². The predicted octanol–water partition coefficient (Wildman–Crippen LogP) is 12.7. The fraction of sp³-hybridized carbons (Fsp3) is 0.143. The summed E-state index contributed by atoms with van der Waals surface area (Å²) in [5.74, 6) is 0.704. The lowest BCUT2D eigenvalue weighted by Gasteiger charge is -2.22. The highest BCUT2D eigenvalue weighted by atomic mass is 16.3. The maximum Gasteiger partial charge on any atom is 0.149 e. The first-order chi connectivity index (χ1) is 26.8. The molecule has 0 atom stereocenters. The van der Waals surface area contributed by atoms with Crippen LogP contribution < -0.4 is 0 Å². The molecule has 0 unspecified atom stereocenters. The van der Waals surface area contributed by atoms with Gasteiger partial charge >= 0.3 is 0 Å². The second-order valence-corrected chi connectivity index (χ2v) is 14.9. The first-order valence-corrected chi connectivity index (χ1v) is 18.0. The molecule has 53 heavy (non-hydrogen) atoms. The van der Waals surface area contributed by atoms with E-state index in [0.717, 1.165) is 78.0 Å². The average Bonchev–Trinajstić information content (AvgIpc) is 3.58. The highest BCUT2D eigenvalue weighted by molar-refractivity contribution is 5.98. The Morgan fingerprint density at radius 2 is 1.32 bits per heavy atom. The SMILES string of the molecule is [2H]C([2H])([2H])c1ccc(-n2c(-c3cc(C)cc(C)c3O)nc3c(-c4cc(-c5cc(-c6ccccc6)ccn5)cc(C(C)(C)C)c4)cccc32)c(-c2ccccc2)c1. The second kappa shape index (κ2) is 13.4. The van der Waals surface area contributed by atoms with Crippen molar-refractivity contribution in [3.05, 3.63) is 168 Å². The smallest absolute Gasteiger partial charge is 0.149 e. The molecule has 0 saturated heterocycles. The van der Waals surface area contributed by atoms with Gasteiger partial charge in [0.05, 0.1) is 28.0 Å². The molecule has 0 aliphatic heterocycles. The number of fused-ring (bicyclic) bond motifs is 1. The number of hydrogen-bond donors (Lipinski definition) is 1. The van der Waals surface area contributed by atoms with Crippen LogP contribution >= 0.6 is 0 Å². The largest absolute Gasteiger partial charge is 0.507 e. The molecule has 8 aromatic rings. The van der Waals surface area contributed by atoms with Gasteiger partial charge in [-0.2, -0.15) is 0 Å². The molecule has 0 bridgehead atoms. The minimum Gasteiger partial charge on any atom is -0.507 e. The average molecular weight is 693 g/mol. The third-order valence-electron chi connectivity index (χ3n) is 9.97. The molecular weight excluding hydrogens is 647 g/mol. The summed E-state index contributed by atoms with van der Waals surface area (Å²) in [4.78, 5) is 10.3. The number of rotatable bonds is 6. The monoisotopic (exact) mass is 692 g/mol. The first kappa shape index (κ1) is 30.4. The quantitative estimate of drug-likeness (QED) is 0.189. The van der Waals surface area contributed by atoms with Crippen LogP contribution in [-0.2, 0) is 5.41 Å². The van der Waals surface area contributed by atoms with E-state index in [9.17, 15) is 5.11 Å². The van der Waals surface area contributed by atoms with E-state index in [1.54, 1.807) is 12.1 Å². The fourth-order valence-corrected chi connectivity index (χ4v) is 7.23. The molecule has 0 aliphatic rings. The molecular formula is C49H43N3O. The van der Waals surface area contributed by atoms with Crippen molar-refractivity contribution < 1.29 is 9.22 Å². The Balaban J connectivity index is 1.42. The van der Waals surface area contributed by atoms with Crippen LogP contribution in [0.1, 0.15) is 47.1 Å². The normalized spacial score (nSPS) is 12.7. The van der Waals surface area contributed by atoms with Crippen LogP contribution in [0.5, 0.6) is 5.75 Å². The lowest BCUT2D eigenvalue weighted by molar-refractivity contribution is 0.472. The van der Waals surface area contributed by atoms with E-state index in [4.69, 9.17) is 14.1 Å². The summed E-state index contributed by atoms with van der Waals surface area (Å²) in [7, 11) is 0. The van der Waals surface area contributed by atoms with Crippen molar-refractivity contribution >= 4 is 11.0 Å². The van der Waals surface area contributed by atoms with Crippen LogP contribution in [0.4, 0.5) is 0 Å². The number of imidazole rings is 1. The Morgan fingerprint density at radius 3 is 2.06 bits per heavy atom. The zero-order valence-corrected chi connectivity index (χ0v) is 30.6. The van der Waals surface area contributed by atoms with E-state index >= 15 is 0 Å². The van der Waals surface area contributed by atoms with E-state index in [1.165, 1.54) is 0 Å². The van der Waals surface area contributed by atoms with Gasteiger partial charge in [-0.3, -0.25) is 9.55 Å². The molecule has 0 spiro atoms. The maximum absolute atomic E-state index is 11.7. The molecule has 6 aromatic carbocycles. The molecule has 2 aromatic heterocycles. The minimum absolute atomic E-state index is 0.149. The first-order valence-electron chi connectivity index (χ1n) is 19.5. The van der Waals surface area contributed by atoms with Gasteiger partial charge in [-0.05, 0) is 114 Å². The van der Waals surface area contributed by atoms with Crippen LogP contribution in [0, 0.1) is 20.7 Å². The van der Waals surface area contributed by atoms with Crippen LogP contribution in [-0.4, -0.2) is 19.6 Å². The fourth-order valence-electron chi connectivity index (χ4n) is 7.23. The zero-order valence-electron chi connectivity index (χ0n) is 33.6. The number of aryl methyl sites for hydroxylation is 3. The molecule has 4 nitrogen and oxygen atoms in total. The Bertz CT molecular complexity index is 2740. The van der Waals surface area contributed by atoms with Crippen molar-refractivity contribution in [3.8, 4) is 67.5 Å². The van der Waals surface area contributed by atoms with Gasteiger partial charge in [0, 0.05) is 27.0 Å². The zero-order chi connectivity index (χ0) is 39.4. The molecule has 0 radical (unpaired) electrons. The van der Waals surface area contributed by atoms with Crippen LogP contribution in [0.15, 0.2) is 146 Å². The Kier molecular flexibility index (Phi) is 7.66. The predicted molar refractivity (Wildman–Crippen MR) is 221 cm³/mol. The van der Waals surface area contributed by atoms with Crippen LogP contribution in [0.3, 0.4) is 0 Å². The van der Waals surface area contributed by atoms with E-state index in [1.807, 2.05) is 105 Å². The van der Waals surface area contributed by atoms with Crippen molar-refractivity contribution in [2.24, 2.45) is 0 Å². The number of nitrogens with zero attached hydrogens (tertiary/aromatic N) is 3. The van der Waals surface area contributed by atoms with Gasteiger partial charge in [-0.25, -0.2) is 4.98 Å². The third kappa shape index (κ3) is 6.42. The van der Waals surface area contributed by atoms with E-state index in [-0.39, 0.29) is 16.7 Å². The van der Waals surface area contributed by atoms with Crippen molar-refractivity contribution in [1.29, 1.82) is 0 Å². The van der Waals surface area contributed by atoms with Gasteiger partial charge < -0.3 is 5.11 Å². The summed E-state index contributed by atoms with van der Waals surface area (Å²) < 4.78 is 26.8. The number of hydrogen-bond acceptors (Lipinski definition) is 3. The molecule has 1 N–H and O–H groups in total. The highest BCUT2D eigenvalue weighted by Crippen LogP contribution is 2.42. The van der Waals surface area contributed by atoms with Gasteiger partial charge in [0.1, 0.15) is 11.6 Å². The standard InChI is InChI=1S/C49H43N3O/c1-31-20-21-44(41(25-31)35-16-11-8-12-17-35)52-45-19-13-18-40(46(45)51-48(52)42-26-32(2)24-33(3)47(42)53)37-27-38(29-39(28-37)49(4,5)6)43-30-36(22-23-50-43)34-14-9-7-10-15-34/h7-30,53H,1-6H3/i1D3. The molecule has 8 rings (SSSR count). The van der Waals surface area contributed by atoms with Gasteiger partial charge in [-0.1, -0.05) is 117 Å². The second-order valence-electron chi connectivity index (χ2n) is 14.9. The number of pyridine rings is 1. The molecule has 0 amide bonds. The van der Waals surface area contributed by atoms with Crippen molar-refractivity contribution in [1.82, 2.24) is 14.5 Å². The number of phenols is 1. The summed E-state index contributed by atoms with van der Waals surface area (Å²) in [6.07, 6.45) is 1.87. The molecule has 2 heterocycles. The van der Waals surface area contributed by atoms with Crippen LogP contribution in [0.2, 0.25) is 0 Å². The van der Waals surface area contributed by atoms with Gasteiger partial charge in [-0.15, -0.1) is 0 Å². The minimum atomic E-state index is -2.30. The Hall–Kier alpha value is -6.26. The summed E-state index contributed by atoms with van der Waals surface area (Å²) in [6, 6.07) is 46.4. The molecule has 0 saturated carbocycles. The number of benzene rings is 6. The van der Waals surface area contributed by atoms with Gasteiger partial charge in [0.25, 0.3) is 0 Å². The van der Waals surface area contributed by atoms with Gasteiger partial charge in [0.15, 0.2) is 0 Å². The molecule has 0 fully saturated rings. The summed E-state index contributed by atoms with van der Waals surface area (Å²) >= 11 is 0. The Morgan fingerprint density at radius 1 is 0.604 bits per heavy atom. The van der Waals surface area contributed by atoms with E-state index < -0.39 is 6.85 Å². The van der Waals surface area contributed by atoms with Crippen molar-refractivity contribution in [3.63, 3.8) is 0 Å².